The lowest BCUT2D eigenvalue weighted by Crippen LogP contribution is -2.25. The van der Waals surface area contributed by atoms with Gasteiger partial charge in [-0.25, -0.2) is 0 Å². The van der Waals surface area contributed by atoms with Crippen LogP contribution in [0.15, 0.2) is 150 Å². The molecule has 0 aliphatic rings. The van der Waals surface area contributed by atoms with E-state index in [0.29, 0.717) is 5.58 Å². The number of hydrogen-bond acceptors (Lipinski definition) is 2. The molecule has 2 aromatic heterocycles. The zero-order valence-electron chi connectivity index (χ0n) is 21.6. The molecule has 0 atom stereocenters. The Bertz CT molecular complexity index is 2150. The van der Waals surface area contributed by atoms with E-state index in [-0.39, 0.29) is 0 Å². The van der Waals surface area contributed by atoms with Crippen molar-refractivity contribution in [2.24, 2.45) is 0 Å². The predicted octanol–water partition coefficient (Wildman–Crippen LogP) is 8.32. The predicted molar refractivity (Wildman–Crippen MR) is 167 cm³/mol. The largest absolute Gasteiger partial charge is 0.455 e. The van der Waals surface area contributed by atoms with Crippen molar-refractivity contribution in [3.63, 3.8) is 0 Å². The lowest BCUT2D eigenvalue weighted by molar-refractivity contribution is 0.592. The van der Waals surface area contributed by atoms with Gasteiger partial charge in [0, 0.05) is 37.8 Å². The van der Waals surface area contributed by atoms with E-state index in [2.05, 4.69) is 71.3 Å². The fourth-order valence-electron chi connectivity index (χ4n) is 6.06. The number of hydrogen-bond donors (Lipinski definition) is 0. The minimum absolute atomic E-state index is 0.674. The maximum absolute atomic E-state index is 15.2. The summed E-state index contributed by atoms with van der Waals surface area (Å²) in [6, 6.07) is 48.9. The van der Waals surface area contributed by atoms with E-state index in [0.717, 1.165) is 49.0 Å². The van der Waals surface area contributed by atoms with Crippen LogP contribution in [0.5, 0.6) is 0 Å². The maximum Gasteiger partial charge on any atom is 0.174 e. The van der Waals surface area contributed by atoms with Gasteiger partial charge in [-0.15, -0.1) is 0 Å². The lowest BCUT2D eigenvalue weighted by Gasteiger charge is -2.20. The van der Waals surface area contributed by atoms with Crippen LogP contribution in [0.2, 0.25) is 0 Å². The van der Waals surface area contributed by atoms with Crippen LogP contribution in [0, 0.1) is 0 Å². The van der Waals surface area contributed by atoms with Crippen LogP contribution in [-0.2, 0) is 4.57 Å². The third kappa shape index (κ3) is 3.28. The monoisotopic (exact) mass is 533 g/mol. The smallest absolute Gasteiger partial charge is 0.174 e. The number of para-hydroxylation sites is 3. The molecule has 3 nitrogen and oxygen atoms in total. The highest BCUT2D eigenvalue weighted by Gasteiger charge is 2.33. The van der Waals surface area contributed by atoms with Crippen molar-refractivity contribution in [1.82, 2.24) is 4.57 Å². The quantitative estimate of drug-likeness (QED) is 0.213. The summed E-state index contributed by atoms with van der Waals surface area (Å²) >= 11 is 0. The number of furan rings is 1. The molecule has 0 unspecified atom stereocenters. The van der Waals surface area contributed by atoms with Crippen molar-refractivity contribution in [3.8, 4) is 5.69 Å². The van der Waals surface area contributed by atoms with Gasteiger partial charge >= 0.3 is 0 Å². The Hall–Kier alpha value is -4.85. The second kappa shape index (κ2) is 8.84. The molecule has 8 aromatic rings. The van der Waals surface area contributed by atoms with E-state index in [9.17, 15) is 0 Å². The van der Waals surface area contributed by atoms with Crippen LogP contribution in [-0.4, -0.2) is 4.57 Å². The normalized spacial score (nSPS) is 12.1. The van der Waals surface area contributed by atoms with Crippen molar-refractivity contribution in [2.45, 2.75) is 0 Å². The van der Waals surface area contributed by atoms with Crippen molar-refractivity contribution in [2.75, 3.05) is 0 Å². The van der Waals surface area contributed by atoms with Gasteiger partial charge in [0.25, 0.3) is 0 Å². The first kappa shape index (κ1) is 23.1. The molecule has 0 saturated heterocycles. The summed E-state index contributed by atoms with van der Waals surface area (Å²) in [7, 11) is -3.20. The van der Waals surface area contributed by atoms with Gasteiger partial charge in [0.05, 0.1) is 16.3 Å². The zero-order valence-corrected chi connectivity index (χ0v) is 22.5. The van der Waals surface area contributed by atoms with Gasteiger partial charge in [0.2, 0.25) is 0 Å². The minimum atomic E-state index is -3.20. The molecule has 4 heteroatoms. The number of fused-ring (bicyclic) bond motifs is 6. The molecule has 190 valence electrons. The molecule has 40 heavy (non-hydrogen) atoms. The summed E-state index contributed by atoms with van der Waals surface area (Å²) < 4.78 is 24.0. The third-order valence-electron chi connectivity index (χ3n) is 7.88. The average molecular weight is 534 g/mol. The second-order valence-electron chi connectivity index (χ2n) is 10.1. The second-order valence-corrected chi connectivity index (χ2v) is 12.8. The van der Waals surface area contributed by atoms with Crippen LogP contribution in [0.4, 0.5) is 0 Å². The van der Waals surface area contributed by atoms with Crippen LogP contribution in [0.3, 0.4) is 0 Å². The first-order valence-corrected chi connectivity index (χ1v) is 15.1. The van der Waals surface area contributed by atoms with Crippen LogP contribution >= 0.6 is 7.14 Å². The first-order valence-electron chi connectivity index (χ1n) is 13.4. The average Bonchev–Trinajstić information content (AvgIpc) is 3.57. The molecule has 0 aliphatic carbocycles. The standard InChI is InChI=1S/C36H24NO2P/c38-40(26-12-3-1-4-13-26,27-14-5-2-6-15-27)35-21-11-18-30-31-24-25(22-23-34(31)39-36(30)35)37-32-19-9-7-16-28(32)29-17-8-10-20-33(29)37/h1-24H. The molecule has 0 amide bonds. The van der Waals surface area contributed by atoms with Crippen LogP contribution in [0.1, 0.15) is 0 Å². The fourth-order valence-corrected chi connectivity index (χ4v) is 8.85. The molecule has 0 N–H and O–H groups in total. The number of rotatable bonds is 4. The number of benzene rings is 6. The molecule has 0 aliphatic heterocycles. The lowest BCUT2D eigenvalue weighted by atomic mass is 10.1. The molecule has 8 rings (SSSR count). The molecule has 0 spiro atoms. The first-order chi connectivity index (χ1) is 19.7. The molecule has 0 fully saturated rings. The van der Waals surface area contributed by atoms with E-state index in [4.69, 9.17) is 4.42 Å². The summed E-state index contributed by atoms with van der Waals surface area (Å²) in [5.74, 6) is 0. The molecule has 0 radical (unpaired) electrons. The van der Waals surface area contributed by atoms with Gasteiger partial charge < -0.3 is 13.5 Å². The van der Waals surface area contributed by atoms with Crippen LogP contribution < -0.4 is 15.9 Å². The van der Waals surface area contributed by atoms with E-state index in [1.165, 1.54) is 10.8 Å². The van der Waals surface area contributed by atoms with Gasteiger partial charge in [0.1, 0.15) is 11.2 Å². The molecule has 2 heterocycles. The highest BCUT2D eigenvalue weighted by molar-refractivity contribution is 7.85. The molecule has 0 saturated carbocycles. The van der Waals surface area contributed by atoms with E-state index < -0.39 is 7.14 Å². The Labute approximate surface area is 231 Å². The SMILES string of the molecule is O=P(c1ccccc1)(c1ccccc1)c1cccc2c1oc1ccc(-n3c4ccccc4c4ccccc43)cc12. The highest BCUT2D eigenvalue weighted by atomic mass is 31.2. The summed E-state index contributed by atoms with van der Waals surface area (Å²) in [4.78, 5) is 0. The Morgan fingerprint density at radius 2 is 1.05 bits per heavy atom. The number of aromatic nitrogens is 1. The Morgan fingerprint density at radius 1 is 0.500 bits per heavy atom. The molecular formula is C36H24NO2P. The van der Waals surface area contributed by atoms with E-state index in [1.807, 2.05) is 78.9 Å². The van der Waals surface area contributed by atoms with Crippen molar-refractivity contribution in [3.05, 3.63) is 146 Å². The van der Waals surface area contributed by atoms with Crippen molar-refractivity contribution in [1.29, 1.82) is 0 Å². The van der Waals surface area contributed by atoms with Crippen molar-refractivity contribution >= 4 is 66.8 Å². The van der Waals surface area contributed by atoms with E-state index >= 15 is 4.57 Å². The molecule has 0 bridgehead atoms. The van der Waals surface area contributed by atoms with Gasteiger partial charge in [-0.2, -0.15) is 0 Å². The zero-order chi connectivity index (χ0) is 26.7. The summed E-state index contributed by atoms with van der Waals surface area (Å²) in [6.07, 6.45) is 0. The fraction of sp³-hybridized carbons (Fsp3) is 0. The summed E-state index contributed by atoms with van der Waals surface area (Å²) in [6.45, 7) is 0. The number of nitrogens with zero attached hydrogens (tertiary/aromatic N) is 1. The van der Waals surface area contributed by atoms with Gasteiger partial charge in [0.15, 0.2) is 7.14 Å². The van der Waals surface area contributed by atoms with Gasteiger partial charge in [-0.05, 0) is 36.4 Å². The Kier molecular flexibility index (Phi) is 5.10. The maximum atomic E-state index is 15.2. The highest BCUT2D eigenvalue weighted by Crippen LogP contribution is 2.46. The van der Waals surface area contributed by atoms with Crippen molar-refractivity contribution < 1.29 is 8.98 Å². The van der Waals surface area contributed by atoms with Gasteiger partial charge in [-0.1, -0.05) is 109 Å². The van der Waals surface area contributed by atoms with E-state index in [1.54, 1.807) is 0 Å². The molecular weight excluding hydrogens is 509 g/mol. The Morgan fingerprint density at radius 3 is 1.68 bits per heavy atom. The Balaban J connectivity index is 1.41. The minimum Gasteiger partial charge on any atom is -0.455 e. The van der Waals surface area contributed by atoms with Crippen LogP contribution in [0.25, 0.3) is 49.4 Å². The van der Waals surface area contributed by atoms with Gasteiger partial charge in [-0.3, -0.25) is 0 Å². The molecule has 6 aromatic carbocycles. The topological polar surface area (TPSA) is 35.1 Å². The summed E-state index contributed by atoms with van der Waals surface area (Å²) in [5, 5.41) is 6.72. The third-order valence-corrected chi connectivity index (χ3v) is 11.0. The summed E-state index contributed by atoms with van der Waals surface area (Å²) in [5.41, 5.74) is 4.84.